The number of hydrogen-bond donors (Lipinski definition) is 1. The zero-order chi connectivity index (χ0) is 10.7. The lowest BCUT2D eigenvalue weighted by molar-refractivity contribution is 0.205. The van der Waals surface area contributed by atoms with Gasteiger partial charge in [-0.05, 0) is 36.1 Å². The fourth-order valence-electron chi connectivity index (χ4n) is 1.82. The summed E-state index contributed by atoms with van der Waals surface area (Å²) >= 11 is 12.4. The first kappa shape index (κ1) is 11.7. The molecule has 15 heavy (non-hydrogen) atoms. The van der Waals surface area contributed by atoms with Gasteiger partial charge in [-0.25, -0.2) is 0 Å². The zero-order valence-corrected chi connectivity index (χ0v) is 11.0. The second-order valence-electron chi connectivity index (χ2n) is 4.23. The summed E-state index contributed by atoms with van der Waals surface area (Å²) < 4.78 is 0. The molecule has 0 radical (unpaired) electrons. The van der Waals surface area contributed by atoms with E-state index >= 15 is 0 Å². The highest BCUT2D eigenvalue weighted by Gasteiger charge is 2.35. The van der Waals surface area contributed by atoms with Crippen LogP contribution in [0.1, 0.15) is 19.3 Å². The molecule has 1 fully saturated rings. The average molecular weight is 259 g/mol. The normalized spacial score (nSPS) is 18.5. The lowest BCUT2D eigenvalue weighted by atomic mass is 9.72. The van der Waals surface area contributed by atoms with E-state index in [0.717, 1.165) is 16.5 Å². The van der Waals surface area contributed by atoms with Crippen molar-refractivity contribution >= 4 is 36.0 Å². The van der Waals surface area contributed by atoms with E-state index < -0.39 is 0 Å². The van der Waals surface area contributed by atoms with Gasteiger partial charge in [0.05, 0.1) is 5.02 Å². The van der Waals surface area contributed by atoms with Crippen LogP contribution in [0, 0.1) is 5.41 Å². The van der Waals surface area contributed by atoms with E-state index in [9.17, 15) is 0 Å². The molecule has 2 rings (SSSR count). The quantitative estimate of drug-likeness (QED) is 0.612. The van der Waals surface area contributed by atoms with Gasteiger partial charge in [0.1, 0.15) is 0 Å². The predicted octanol–water partition coefficient (Wildman–Crippen LogP) is 4.53. The second-order valence-corrected chi connectivity index (χ2v) is 5.97. The highest BCUT2D eigenvalue weighted by Crippen LogP contribution is 2.46. The van der Waals surface area contributed by atoms with Crippen LogP contribution in [0.5, 0.6) is 0 Å². The number of thiol groups is 1. The summed E-state index contributed by atoms with van der Waals surface area (Å²) in [6.07, 6.45) is 4.02. The van der Waals surface area contributed by atoms with E-state index in [1.54, 1.807) is 0 Å². The monoisotopic (exact) mass is 258 g/mol. The fourth-order valence-corrected chi connectivity index (χ4v) is 3.93. The van der Waals surface area contributed by atoms with Crippen LogP contribution < -0.4 is 0 Å². The van der Waals surface area contributed by atoms with Gasteiger partial charge in [0.15, 0.2) is 0 Å². The molecular weight excluding hydrogens is 244 g/mol. The highest BCUT2D eigenvalue weighted by molar-refractivity contribution is 7.99. The Labute approximate surface area is 106 Å². The molecule has 1 aliphatic rings. The molecule has 0 N–H and O–H groups in total. The molecule has 0 bridgehead atoms. The van der Waals surface area contributed by atoms with Crippen molar-refractivity contribution in [3.05, 3.63) is 29.3 Å². The third kappa shape index (κ3) is 2.66. The smallest absolute Gasteiger partial charge is 0.0541 e. The fraction of sp³-hybridized carbons (Fsp3) is 0.500. The Bertz CT molecular complexity index is 329. The second kappa shape index (κ2) is 5.03. The van der Waals surface area contributed by atoms with Gasteiger partial charge in [0.25, 0.3) is 0 Å². The van der Waals surface area contributed by atoms with E-state index in [0.29, 0.717) is 5.41 Å². The van der Waals surface area contributed by atoms with Crippen LogP contribution in [0.15, 0.2) is 29.2 Å². The number of thioether (sulfide) groups is 1. The van der Waals surface area contributed by atoms with Gasteiger partial charge in [0, 0.05) is 10.6 Å². The first-order valence-electron chi connectivity index (χ1n) is 5.24. The van der Waals surface area contributed by atoms with Crippen molar-refractivity contribution in [1.82, 2.24) is 0 Å². The number of rotatable bonds is 4. The number of hydrogen-bond acceptors (Lipinski definition) is 2. The number of halogens is 1. The van der Waals surface area contributed by atoms with Crippen molar-refractivity contribution in [3.63, 3.8) is 0 Å². The summed E-state index contributed by atoms with van der Waals surface area (Å²) in [5.41, 5.74) is 0.479. The van der Waals surface area contributed by atoms with Gasteiger partial charge >= 0.3 is 0 Å². The van der Waals surface area contributed by atoms with Crippen LogP contribution >= 0.6 is 36.0 Å². The van der Waals surface area contributed by atoms with E-state index in [1.807, 2.05) is 30.0 Å². The van der Waals surface area contributed by atoms with Gasteiger partial charge in [-0.1, -0.05) is 30.2 Å². The Morgan fingerprint density at radius 2 is 2.07 bits per heavy atom. The van der Waals surface area contributed by atoms with Gasteiger partial charge < -0.3 is 0 Å². The zero-order valence-electron chi connectivity index (χ0n) is 8.58. The van der Waals surface area contributed by atoms with Crippen LogP contribution in [0.4, 0.5) is 0 Å². The molecule has 0 saturated heterocycles. The SMILES string of the molecule is SCC1(CSc2ccccc2Cl)CCC1. The molecule has 0 amide bonds. The van der Waals surface area contributed by atoms with E-state index in [-0.39, 0.29) is 0 Å². The average Bonchev–Trinajstić information content (AvgIpc) is 2.19. The molecule has 1 aromatic carbocycles. The third-order valence-electron chi connectivity index (χ3n) is 3.12. The highest BCUT2D eigenvalue weighted by atomic mass is 35.5. The molecule has 0 nitrogen and oxygen atoms in total. The molecule has 0 aliphatic heterocycles. The third-order valence-corrected chi connectivity index (χ3v) is 5.66. The minimum absolute atomic E-state index is 0.479. The molecule has 0 atom stereocenters. The Hall–Kier alpha value is 0.210. The summed E-state index contributed by atoms with van der Waals surface area (Å²) in [7, 11) is 0. The molecule has 0 spiro atoms. The van der Waals surface area contributed by atoms with Gasteiger partial charge in [-0.3, -0.25) is 0 Å². The largest absolute Gasteiger partial charge is 0.179 e. The van der Waals surface area contributed by atoms with Crippen LogP contribution in [0.2, 0.25) is 5.02 Å². The molecule has 1 aliphatic carbocycles. The predicted molar refractivity (Wildman–Crippen MR) is 72.3 cm³/mol. The Balaban J connectivity index is 1.95. The van der Waals surface area contributed by atoms with E-state index in [2.05, 4.69) is 18.7 Å². The van der Waals surface area contributed by atoms with E-state index in [1.165, 1.54) is 24.2 Å². The Kier molecular flexibility index (Phi) is 3.92. The van der Waals surface area contributed by atoms with Crippen LogP contribution in [-0.2, 0) is 0 Å². The summed E-state index contributed by atoms with van der Waals surface area (Å²) in [5, 5.41) is 0.871. The van der Waals surface area contributed by atoms with Crippen molar-refractivity contribution in [1.29, 1.82) is 0 Å². The van der Waals surface area contributed by atoms with Crippen LogP contribution in [-0.4, -0.2) is 11.5 Å². The van der Waals surface area contributed by atoms with Crippen molar-refractivity contribution in [3.8, 4) is 0 Å². The summed E-state index contributed by atoms with van der Waals surface area (Å²) in [4.78, 5) is 1.20. The molecular formula is C12H15ClS2. The summed E-state index contributed by atoms with van der Waals surface area (Å²) in [6.45, 7) is 0. The molecule has 3 heteroatoms. The first-order valence-corrected chi connectivity index (χ1v) is 7.24. The van der Waals surface area contributed by atoms with Gasteiger partial charge in [-0.15, -0.1) is 11.8 Å². The lowest BCUT2D eigenvalue weighted by Crippen LogP contribution is -2.33. The minimum atomic E-state index is 0.479. The minimum Gasteiger partial charge on any atom is -0.179 e. The topological polar surface area (TPSA) is 0 Å². The van der Waals surface area contributed by atoms with Gasteiger partial charge in [-0.2, -0.15) is 12.6 Å². The molecule has 82 valence electrons. The van der Waals surface area contributed by atoms with E-state index in [4.69, 9.17) is 11.6 Å². The first-order chi connectivity index (χ1) is 7.26. The standard InChI is InChI=1S/C12H15ClS2/c13-10-4-1-2-5-11(10)15-9-12(8-14)6-3-7-12/h1-2,4-5,14H,3,6-9H2. The van der Waals surface area contributed by atoms with Gasteiger partial charge in [0.2, 0.25) is 0 Å². The van der Waals surface area contributed by atoms with Crippen molar-refractivity contribution in [2.75, 3.05) is 11.5 Å². The molecule has 0 aromatic heterocycles. The molecule has 0 heterocycles. The molecule has 1 aromatic rings. The van der Waals surface area contributed by atoms with Crippen molar-refractivity contribution < 1.29 is 0 Å². The Morgan fingerprint density at radius 1 is 1.33 bits per heavy atom. The maximum Gasteiger partial charge on any atom is 0.0541 e. The molecule has 0 unspecified atom stereocenters. The van der Waals surface area contributed by atoms with Crippen molar-refractivity contribution in [2.45, 2.75) is 24.2 Å². The summed E-state index contributed by atoms with van der Waals surface area (Å²) in [5.74, 6) is 2.16. The Morgan fingerprint density at radius 3 is 2.60 bits per heavy atom. The lowest BCUT2D eigenvalue weighted by Gasteiger charge is -2.40. The number of benzene rings is 1. The maximum absolute atomic E-state index is 6.12. The molecule has 1 saturated carbocycles. The van der Waals surface area contributed by atoms with Crippen LogP contribution in [0.3, 0.4) is 0 Å². The van der Waals surface area contributed by atoms with Crippen molar-refractivity contribution in [2.24, 2.45) is 5.41 Å². The maximum atomic E-state index is 6.12. The summed E-state index contributed by atoms with van der Waals surface area (Å²) in [6, 6.07) is 8.07. The van der Waals surface area contributed by atoms with Crippen LogP contribution in [0.25, 0.3) is 0 Å².